The van der Waals surface area contributed by atoms with Crippen molar-refractivity contribution in [1.29, 1.82) is 0 Å². The first-order valence-electron chi connectivity index (χ1n) is 6.74. The van der Waals surface area contributed by atoms with Gasteiger partial charge >= 0.3 is 0 Å². The van der Waals surface area contributed by atoms with Gasteiger partial charge in [-0.05, 0) is 70.7 Å². The molecule has 1 unspecified atom stereocenters. The van der Waals surface area contributed by atoms with E-state index in [0.29, 0.717) is 6.61 Å². The highest BCUT2D eigenvalue weighted by Crippen LogP contribution is 2.33. The molecular formula is C17H19BrO2. The maximum atomic E-state index is 9.58. The molecule has 0 aromatic heterocycles. The summed E-state index contributed by atoms with van der Waals surface area (Å²) in [6.45, 7) is 6.93. The second-order valence-electron chi connectivity index (χ2n) is 4.88. The molecule has 0 radical (unpaired) electrons. The molecule has 3 heteroatoms. The van der Waals surface area contributed by atoms with Gasteiger partial charge in [0.1, 0.15) is 11.5 Å². The third-order valence-electron chi connectivity index (χ3n) is 3.49. The third kappa shape index (κ3) is 3.15. The Bertz CT molecular complexity index is 608. The summed E-state index contributed by atoms with van der Waals surface area (Å²) in [7, 11) is 0. The Balaban J connectivity index is 2.32. The fourth-order valence-electron chi connectivity index (χ4n) is 2.36. The van der Waals surface area contributed by atoms with E-state index in [9.17, 15) is 5.11 Å². The number of hydrogen-bond acceptors (Lipinski definition) is 2. The highest BCUT2D eigenvalue weighted by Gasteiger charge is 2.13. The summed E-state index contributed by atoms with van der Waals surface area (Å²) < 4.78 is 6.25. The van der Waals surface area contributed by atoms with Crippen molar-refractivity contribution in [3.63, 3.8) is 0 Å². The number of phenolic OH excluding ortho intramolecular Hbond substituents is 1. The SMILES string of the molecule is CCOc1ccc(C(C)c2ccc(O)c(Br)c2)c(C)c1. The Morgan fingerprint density at radius 1 is 1.20 bits per heavy atom. The van der Waals surface area contributed by atoms with Gasteiger partial charge in [-0.1, -0.05) is 19.1 Å². The Hall–Kier alpha value is -1.48. The van der Waals surface area contributed by atoms with Crippen molar-refractivity contribution < 1.29 is 9.84 Å². The average molecular weight is 335 g/mol. The van der Waals surface area contributed by atoms with Crippen LogP contribution in [0.5, 0.6) is 11.5 Å². The molecule has 0 aliphatic rings. The lowest BCUT2D eigenvalue weighted by molar-refractivity contribution is 0.340. The Morgan fingerprint density at radius 3 is 2.55 bits per heavy atom. The van der Waals surface area contributed by atoms with E-state index < -0.39 is 0 Å². The minimum Gasteiger partial charge on any atom is -0.507 e. The largest absolute Gasteiger partial charge is 0.507 e. The van der Waals surface area contributed by atoms with Crippen molar-refractivity contribution in [1.82, 2.24) is 0 Å². The number of halogens is 1. The standard InChI is InChI=1S/C17H19BrO2/c1-4-20-14-6-7-15(11(2)9-14)12(3)13-5-8-17(19)16(18)10-13/h5-10,12,19H,4H2,1-3H3. The molecule has 0 aliphatic carbocycles. The van der Waals surface area contributed by atoms with E-state index in [4.69, 9.17) is 4.74 Å². The van der Waals surface area contributed by atoms with Crippen LogP contribution in [0.25, 0.3) is 0 Å². The van der Waals surface area contributed by atoms with Crippen LogP contribution in [0.15, 0.2) is 40.9 Å². The van der Waals surface area contributed by atoms with Crippen LogP contribution in [0.2, 0.25) is 0 Å². The van der Waals surface area contributed by atoms with Gasteiger partial charge in [0.05, 0.1) is 11.1 Å². The average Bonchev–Trinajstić information content (AvgIpc) is 2.42. The molecule has 2 rings (SSSR count). The predicted octanol–water partition coefficient (Wildman–Crippen LogP) is 5.01. The molecule has 0 bridgehead atoms. The number of benzene rings is 2. The summed E-state index contributed by atoms with van der Waals surface area (Å²) in [6, 6.07) is 11.9. The first-order valence-corrected chi connectivity index (χ1v) is 7.54. The van der Waals surface area contributed by atoms with Crippen molar-refractivity contribution in [3.05, 3.63) is 57.6 Å². The highest BCUT2D eigenvalue weighted by atomic mass is 79.9. The van der Waals surface area contributed by atoms with Crippen LogP contribution in [0.3, 0.4) is 0 Å². The minimum atomic E-state index is 0.266. The molecule has 2 aromatic rings. The van der Waals surface area contributed by atoms with Crippen molar-refractivity contribution in [2.45, 2.75) is 26.7 Å². The second-order valence-corrected chi connectivity index (χ2v) is 5.74. The van der Waals surface area contributed by atoms with Crippen molar-refractivity contribution in [2.24, 2.45) is 0 Å². The lowest BCUT2D eigenvalue weighted by Crippen LogP contribution is -2.00. The number of aryl methyl sites for hydroxylation is 1. The number of ether oxygens (including phenoxy) is 1. The quantitative estimate of drug-likeness (QED) is 0.851. The molecule has 106 valence electrons. The van der Waals surface area contributed by atoms with E-state index in [2.05, 4.69) is 41.9 Å². The summed E-state index contributed by atoms with van der Waals surface area (Å²) in [5.74, 6) is 1.44. The Labute approximate surface area is 128 Å². The molecular weight excluding hydrogens is 316 g/mol. The summed E-state index contributed by atoms with van der Waals surface area (Å²) in [4.78, 5) is 0. The monoisotopic (exact) mass is 334 g/mol. The fourth-order valence-corrected chi connectivity index (χ4v) is 2.76. The maximum absolute atomic E-state index is 9.58. The van der Waals surface area contributed by atoms with Crippen LogP contribution in [0.4, 0.5) is 0 Å². The van der Waals surface area contributed by atoms with Crippen LogP contribution in [-0.2, 0) is 0 Å². The van der Waals surface area contributed by atoms with Crippen LogP contribution < -0.4 is 4.74 Å². The highest BCUT2D eigenvalue weighted by molar-refractivity contribution is 9.10. The third-order valence-corrected chi connectivity index (χ3v) is 4.13. The van der Waals surface area contributed by atoms with E-state index in [1.165, 1.54) is 16.7 Å². The molecule has 0 fully saturated rings. The topological polar surface area (TPSA) is 29.5 Å². The molecule has 20 heavy (non-hydrogen) atoms. The summed E-state index contributed by atoms with van der Waals surface area (Å²) in [5, 5.41) is 9.58. The number of hydrogen-bond donors (Lipinski definition) is 1. The van der Waals surface area contributed by atoms with E-state index >= 15 is 0 Å². The smallest absolute Gasteiger partial charge is 0.129 e. The van der Waals surface area contributed by atoms with E-state index in [1.54, 1.807) is 6.07 Å². The van der Waals surface area contributed by atoms with Gasteiger partial charge in [0, 0.05) is 5.92 Å². The number of phenols is 1. The molecule has 2 aromatic carbocycles. The van der Waals surface area contributed by atoms with Gasteiger partial charge in [0.15, 0.2) is 0 Å². The van der Waals surface area contributed by atoms with Gasteiger partial charge in [-0.3, -0.25) is 0 Å². The molecule has 0 saturated heterocycles. The predicted molar refractivity (Wildman–Crippen MR) is 85.7 cm³/mol. The fraction of sp³-hybridized carbons (Fsp3) is 0.294. The first-order chi connectivity index (χ1) is 9.52. The van der Waals surface area contributed by atoms with Gasteiger partial charge in [-0.2, -0.15) is 0 Å². The molecule has 1 N–H and O–H groups in total. The Morgan fingerprint density at radius 2 is 1.95 bits per heavy atom. The maximum Gasteiger partial charge on any atom is 0.129 e. The zero-order valence-electron chi connectivity index (χ0n) is 12.0. The lowest BCUT2D eigenvalue weighted by Gasteiger charge is -2.17. The van der Waals surface area contributed by atoms with Crippen LogP contribution in [-0.4, -0.2) is 11.7 Å². The van der Waals surface area contributed by atoms with E-state index in [1.807, 2.05) is 25.1 Å². The summed E-state index contributed by atoms with van der Waals surface area (Å²) in [5.41, 5.74) is 3.65. The lowest BCUT2D eigenvalue weighted by atomic mass is 9.90. The zero-order valence-corrected chi connectivity index (χ0v) is 13.6. The van der Waals surface area contributed by atoms with Gasteiger partial charge in [-0.15, -0.1) is 0 Å². The molecule has 0 amide bonds. The Kier molecular flexibility index (Phi) is 4.71. The molecule has 0 spiro atoms. The minimum absolute atomic E-state index is 0.266. The second kappa shape index (κ2) is 6.31. The molecule has 0 saturated carbocycles. The van der Waals surface area contributed by atoms with E-state index in [0.717, 1.165) is 10.2 Å². The van der Waals surface area contributed by atoms with Crippen molar-refractivity contribution in [3.8, 4) is 11.5 Å². The zero-order chi connectivity index (χ0) is 14.7. The first kappa shape index (κ1) is 14.9. The number of aromatic hydroxyl groups is 1. The molecule has 0 aliphatic heterocycles. The van der Waals surface area contributed by atoms with Crippen molar-refractivity contribution in [2.75, 3.05) is 6.61 Å². The van der Waals surface area contributed by atoms with Gasteiger partial charge < -0.3 is 9.84 Å². The van der Waals surface area contributed by atoms with E-state index in [-0.39, 0.29) is 11.7 Å². The van der Waals surface area contributed by atoms with Gasteiger partial charge in [-0.25, -0.2) is 0 Å². The molecule has 0 heterocycles. The number of rotatable bonds is 4. The summed E-state index contributed by atoms with van der Waals surface area (Å²) >= 11 is 3.37. The van der Waals surface area contributed by atoms with Gasteiger partial charge in [0.25, 0.3) is 0 Å². The summed E-state index contributed by atoms with van der Waals surface area (Å²) in [6.07, 6.45) is 0. The molecule has 2 nitrogen and oxygen atoms in total. The van der Waals surface area contributed by atoms with Crippen LogP contribution in [0, 0.1) is 6.92 Å². The molecule has 1 atom stereocenters. The normalized spacial score (nSPS) is 12.2. The van der Waals surface area contributed by atoms with Crippen LogP contribution in [0.1, 0.15) is 36.5 Å². The van der Waals surface area contributed by atoms with Gasteiger partial charge in [0.2, 0.25) is 0 Å². The van der Waals surface area contributed by atoms with Crippen molar-refractivity contribution >= 4 is 15.9 Å². The van der Waals surface area contributed by atoms with Crippen LogP contribution >= 0.6 is 15.9 Å².